The SMILES string of the molecule is CCCCCCCCCCCCCCCCCCCCCCCCCCCCCO.CCCCCCCCCCCCCCCCCCCCCCCCO.CCCCCCCCCCCCCCCCCCCCCCCO.CCCCCCCCCCCCCCCCCCCCCCCO.CCCCCCCCCCCCCCCCO. The Kier molecular flexibility index (Phi) is 146. The zero-order chi connectivity index (χ0) is 87.8. The second-order valence-corrected chi connectivity index (χ2v) is 39.0. The lowest BCUT2D eigenvalue weighted by Gasteiger charge is -2.04. The number of aliphatic hydroxyl groups is 5. The van der Waals surface area contributed by atoms with Gasteiger partial charge in [0.05, 0.1) is 0 Å². The topological polar surface area (TPSA) is 101 Å². The summed E-state index contributed by atoms with van der Waals surface area (Å²) in [4.78, 5) is 0. The minimum Gasteiger partial charge on any atom is -0.396 e. The molecule has 0 radical (unpaired) electrons. The van der Waals surface area contributed by atoms with E-state index in [1.807, 2.05) is 0 Å². The minimum absolute atomic E-state index is 0.373. The van der Waals surface area contributed by atoms with Crippen molar-refractivity contribution in [2.24, 2.45) is 0 Å². The summed E-state index contributed by atoms with van der Waals surface area (Å²) in [6.45, 7) is 13.3. The van der Waals surface area contributed by atoms with Crippen molar-refractivity contribution in [3.05, 3.63) is 0 Å². The van der Waals surface area contributed by atoms with Crippen molar-refractivity contribution in [3.8, 4) is 0 Å². The van der Waals surface area contributed by atoms with Crippen molar-refractivity contribution < 1.29 is 25.5 Å². The minimum atomic E-state index is 0.373. The van der Waals surface area contributed by atoms with Gasteiger partial charge in [0, 0.05) is 33.0 Å². The molecule has 0 saturated heterocycles. The Hall–Kier alpha value is -0.200. The zero-order valence-corrected chi connectivity index (χ0v) is 85.0. The van der Waals surface area contributed by atoms with Gasteiger partial charge in [-0.3, -0.25) is 0 Å². The Balaban J connectivity index is -0.000000464. The van der Waals surface area contributed by atoms with Crippen LogP contribution in [0.25, 0.3) is 0 Å². The first-order chi connectivity index (χ1) is 59.6. The molecule has 0 amide bonds. The average Bonchev–Trinajstić information content (AvgIpc) is 2.54. The Morgan fingerprint density at radius 2 is 0.108 bits per heavy atom. The van der Waals surface area contributed by atoms with E-state index in [0.717, 1.165) is 32.1 Å². The van der Waals surface area contributed by atoms with Crippen molar-refractivity contribution in [1.29, 1.82) is 0 Å². The summed E-state index contributed by atoms with van der Waals surface area (Å²) >= 11 is 0. The monoisotopic (exact) mass is 1700 g/mol. The molecule has 0 aliphatic rings. The van der Waals surface area contributed by atoms with Gasteiger partial charge in [0.25, 0.3) is 0 Å². The summed E-state index contributed by atoms with van der Waals surface area (Å²) < 4.78 is 0. The highest BCUT2D eigenvalue weighted by atomic mass is 16.3. The van der Waals surface area contributed by atoms with E-state index in [9.17, 15) is 0 Å². The maximum atomic E-state index is 8.75. The molecule has 0 aliphatic carbocycles. The summed E-state index contributed by atoms with van der Waals surface area (Å²) in [5, 5.41) is 43.6. The molecule has 0 fully saturated rings. The van der Waals surface area contributed by atoms with Crippen LogP contribution in [0.4, 0.5) is 0 Å². The molecule has 0 aromatic heterocycles. The van der Waals surface area contributed by atoms with Crippen molar-refractivity contribution in [1.82, 2.24) is 0 Å². The van der Waals surface area contributed by atoms with E-state index >= 15 is 0 Å². The fraction of sp³-hybridized carbons (Fsp3) is 1.00. The summed E-state index contributed by atoms with van der Waals surface area (Å²) in [7, 11) is 0. The van der Waals surface area contributed by atoms with Gasteiger partial charge >= 0.3 is 0 Å². The molecular weight excluding hydrogens is 1460 g/mol. The van der Waals surface area contributed by atoms with Crippen LogP contribution in [0.2, 0.25) is 0 Å². The van der Waals surface area contributed by atoms with Crippen LogP contribution in [0.15, 0.2) is 0 Å². The lowest BCUT2D eigenvalue weighted by atomic mass is 10.0. The number of rotatable bonds is 105. The third kappa shape index (κ3) is 146. The molecule has 5 nitrogen and oxygen atoms in total. The molecule has 730 valence electrons. The summed E-state index contributed by atoms with van der Waals surface area (Å²) in [5.74, 6) is 0. The first-order valence-corrected chi connectivity index (χ1v) is 57.6. The van der Waals surface area contributed by atoms with Crippen LogP contribution < -0.4 is 0 Å². The molecule has 0 heterocycles. The Bertz CT molecular complexity index is 1370. The van der Waals surface area contributed by atoms with E-state index in [1.165, 1.54) is 642 Å². The van der Waals surface area contributed by atoms with Gasteiger partial charge in [-0.2, -0.15) is 0 Å². The van der Waals surface area contributed by atoms with Crippen LogP contribution >= 0.6 is 0 Å². The molecular formula is C115H240O5. The van der Waals surface area contributed by atoms with Gasteiger partial charge in [0.1, 0.15) is 0 Å². The highest BCUT2D eigenvalue weighted by Gasteiger charge is 2.04. The first kappa shape index (κ1) is 128. The van der Waals surface area contributed by atoms with E-state index in [4.69, 9.17) is 25.5 Å². The van der Waals surface area contributed by atoms with Gasteiger partial charge in [-0.25, -0.2) is 0 Å². The van der Waals surface area contributed by atoms with Gasteiger partial charge in [0.2, 0.25) is 0 Å². The van der Waals surface area contributed by atoms with Crippen molar-refractivity contribution in [2.75, 3.05) is 33.0 Å². The fourth-order valence-electron chi connectivity index (χ4n) is 17.7. The molecule has 0 spiro atoms. The second kappa shape index (κ2) is 137. The summed E-state index contributed by atoms with van der Waals surface area (Å²) in [6, 6.07) is 0. The van der Waals surface area contributed by atoms with Gasteiger partial charge in [-0.15, -0.1) is 0 Å². The maximum Gasteiger partial charge on any atom is 0.0431 e. The molecule has 0 aliphatic heterocycles. The normalized spacial score (nSPS) is 11.2. The molecule has 0 unspecified atom stereocenters. The Morgan fingerprint density at radius 3 is 0.150 bits per heavy atom. The van der Waals surface area contributed by atoms with E-state index < -0.39 is 0 Å². The van der Waals surface area contributed by atoms with Crippen LogP contribution in [-0.2, 0) is 0 Å². The third-order valence-corrected chi connectivity index (χ3v) is 26.3. The van der Waals surface area contributed by atoms with Crippen molar-refractivity contribution in [2.45, 2.75) is 709 Å². The van der Waals surface area contributed by atoms with Gasteiger partial charge in [-0.1, -0.05) is 677 Å². The van der Waals surface area contributed by atoms with E-state index in [-0.39, 0.29) is 0 Å². The highest BCUT2D eigenvalue weighted by molar-refractivity contribution is 4.59. The number of unbranched alkanes of at least 4 members (excludes halogenated alkanes) is 100. The van der Waals surface area contributed by atoms with E-state index in [1.54, 1.807) is 0 Å². The molecule has 5 N–H and O–H groups in total. The number of aliphatic hydroxyl groups excluding tert-OH is 5. The Morgan fingerprint density at radius 1 is 0.0667 bits per heavy atom. The summed E-state index contributed by atoms with van der Waals surface area (Å²) in [5.41, 5.74) is 0. The van der Waals surface area contributed by atoms with Crippen LogP contribution in [0.1, 0.15) is 709 Å². The van der Waals surface area contributed by atoms with Crippen molar-refractivity contribution >= 4 is 0 Å². The lowest BCUT2D eigenvalue weighted by Crippen LogP contribution is -1.85. The molecule has 5 heteroatoms. The Labute approximate surface area is 762 Å². The lowest BCUT2D eigenvalue weighted by molar-refractivity contribution is 0.282. The molecule has 0 bridgehead atoms. The maximum absolute atomic E-state index is 8.75. The van der Waals surface area contributed by atoms with Gasteiger partial charge in [-0.05, 0) is 32.1 Å². The molecule has 0 atom stereocenters. The van der Waals surface area contributed by atoms with E-state index in [2.05, 4.69) is 34.6 Å². The largest absolute Gasteiger partial charge is 0.396 e. The van der Waals surface area contributed by atoms with Crippen molar-refractivity contribution in [3.63, 3.8) is 0 Å². The molecule has 0 rings (SSSR count). The van der Waals surface area contributed by atoms with Crippen LogP contribution in [0, 0.1) is 0 Å². The molecule has 0 aromatic carbocycles. The predicted molar refractivity (Wildman–Crippen MR) is 549 cm³/mol. The first-order valence-electron chi connectivity index (χ1n) is 57.6. The standard InChI is InChI=1S/C29H60O.C24H50O.2C23H48O.C16H34O/c1-2-3-4-5-6-7-8-9-10-11-12-13-14-15-16-17-18-19-20-21-22-23-24-25-26-27-28-29-30;1-2-3-4-5-6-7-8-9-10-11-12-13-14-15-16-17-18-19-20-21-22-23-24-25;2*1-2-3-4-5-6-7-8-9-10-11-12-13-14-15-16-17-18-19-20-21-22-23-24;1-2-3-4-5-6-7-8-9-10-11-12-13-14-15-16-17/h30H,2-29H2,1H3;25H,2-24H2,1H3;2*24H,2-23H2,1H3;17H,2-16H2,1H3. The predicted octanol–water partition coefficient (Wildman–Crippen LogP) is 41.0. The molecule has 0 saturated carbocycles. The number of hydrogen-bond acceptors (Lipinski definition) is 5. The fourth-order valence-corrected chi connectivity index (χ4v) is 17.7. The smallest absolute Gasteiger partial charge is 0.0431 e. The molecule has 120 heavy (non-hydrogen) atoms. The van der Waals surface area contributed by atoms with Crippen LogP contribution in [0.3, 0.4) is 0 Å². The quantitative estimate of drug-likeness (QED) is 0.0391. The second-order valence-electron chi connectivity index (χ2n) is 39.0. The number of hydrogen-bond donors (Lipinski definition) is 5. The average molecular weight is 1700 g/mol. The highest BCUT2D eigenvalue weighted by Crippen LogP contribution is 2.23. The zero-order valence-electron chi connectivity index (χ0n) is 85.0. The van der Waals surface area contributed by atoms with E-state index in [0.29, 0.717) is 33.0 Å². The van der Waals surface area contributed by atoms with Gasteiger partial charge < -0.3 is 25.5 Å². The molecule has 0 aromatic rings. The van der Waals surface area contributed by atoms with Crippen LogP contribution in [0.5, 0.6) is 0 Å². The van der Waals surface area contributed by atoms with Gasteiger partial charge in [0.15, 0.2) is 0 Å². The third-order valence-electron chi connectivity index (χ3n) is 26.3. The van der Waals surface area contributed by atoms with Crippen LogP contribution in [-0.4, -0.2) is 58.6 Å². The summed E-state index contributed by atoms with van der Waals surface area (Å²) in [6.07, 6.45) is 148.